The minimum atomic E-state index is 0.151. The maximum absolute atomic E-state index is 6.28. The van der Waals surface area contributed by atoms with E-state index in [4.69, 9.17) is 9.40 Å². The van der Waals surface area contributed by atoms with Gasteiger partial charge in [0.25, 0.3) is 5.89 Å². The molecule has 4 unspecified atom stereocenters. The van der Waals surface area contributed by atoms with E-state index in [9.17, 15) is 0 Å². The molecule has 0 amide bonds. The fraction of sp³-hybridized carbons (Fsp3) is 0.500. The number of benzene rings is 1. The van der Waals surface area contributed by atoms with Crippen molar-refractivity contribution in [2.45, 2.75) is 50.9 Å². The first-order chi connectivity index (χ1) is 13.2. The standard InChI is InChI=1S/C22H23N3OS/c1-13-3-2-4-16(7-13)20-23-18(12-27-20)19-24-25-21(26-19)22-6-5-14-8-15(11-22)10-17(22)9-14/h2-4,7,12,14-15,17H,5-6,8-11H2,1H3. The summed E-state index contributed by atoms with van der Waals surface area (Å²) in [4.78, 5) is 4.78. The van der Waals surface area contributed by atoms with Gasteiger partial charge in [-0.25, -0.2) is 4.98 Å². The number of aromatic nitrogens is 3. The lowest BCUT2D eigenvalue weighted by atomic mass is 9.64. The van der Waals surface area contributed by atoms with E-state index in [1.54, 1.807) is 11.3 Å². The predicted molar refractivity (Wildman–Crippen MR) is 105 cm³/mol. The Morgan fingerprint density at radius 2 is 2.07 bits per heavy atom. The van der Waals surface area contributed by atoms with Gasteiger partial charge in [-0.2, -0.15) is 0 Å². The van der Waals surface area contributed by atoms with Crippen LogP contribution < -0.4 is 0 Å². The van der Waals surface area contributed by atoms with Gasteiger partial charge in [0.2, 0.25) is 5.89 Å². The summed E-state index contributed by atoms with van der Waals surface area (Å²) < 4.78 is 6.28. The molecule has 2 heterocycles. The second-order valence-corrected chi connectivity index (χ2v) is 9.71. The van der Waals surface area contributed by atoms with Crippen LogP contribution in [0.2, 0.25) is 0 Å². The molecule has 0 N–H and O–H groups in total. The van der Waals surface area contributed by atoms with Gasteiger partial charge in [-0.3, -0.25) is 0 Å². The van der Waals surface area contributed by atoms with E-state index in [0.717, 1.165) is 39.9 Å². The summed E-state index contributed by atoms with van der Waals surface area (Å²) in [5, 5.41) is 12.0. The maximum atomic E-state index is 6.28. The van der Waals surface area contributed by atoms with Crippen LogP contribution in [0.4, 0.5) is 0 Å². The lowest BCUT2D eigenvalue weighted by Gasteiger charge is -2.40. The van der Waals surface area contributed by atoms with Gasteiger partial charge in [0.05, 0.1) is 5.41 Å². The molecule has 3 bridgehead atoms. The van der Waals surface area contributed by atoms with Gasteiger partial charge in [0.1, 0.15) is 10.7 Å². The smallest absolute Gasteiger partial charge is 0.267 e. The van der Waals surface area contributed by atoms with E-state index >= 15 is 0 Å². The molecular formula is C22H23N3OS. The molecule has 0 radical (unpaired) electrons. The van der Waals surface area contributed by atoms with Crippen molar-refractivity contribution in [1.29, 1.82) is 0 Å². The molecule has 0 spiro atoms. The van der Waals surface area contributed by atoms with Crippen molar-refractivity contribution in [3.8, 4) is 22.2 Å². The number of thiazole rings is 1. The lowest BCUT2D eigenvalue weighted by Crippen LogP contribution is -2.36. The molecule has 27 heavy (non-hydrogen) atoms. The first kappa shape index (κ1) is 16.0. The van der Waals surface area contributed by atoms with Crippen molar-refractivity contribution in [2.24, 2.45) is 17.8 Å². The summed E-state index contributed by atoms with van der Waals surface area (Å²) in [6.45, 7) is 2.11. The molecule has 6 rings (SSSR count). The van der Waals surface area contributed by atoms with Crippen LogP contribution in [0.15, 0.2) is 34.1 Å². The van der Waals surface area contributed by atoms with Crippen LogP contribution in [0.1, 0.15) is 50.0 Å². The Morgan fingerprint density at radius 3 is 3.00 bits per heavy atom. The molecule has 0 aliphatic heterocycles. The number of hydrogen-bond acceptors (Lipinski definition) is 5. The van der Waals surface area contributed by atoms with Crippen LogP contribution in [0, 0.1) is 24.7 Å². The second kappa shape index (κ2) is 5.74. The fourth-order valence-corrected chi connectivity index (χ4v) is 6.84. The molecule has 5 heteroatoms. The number of aryl methyl sites for hydroxylation is 1. The van der Waals surface area contributed by atoms with Crippen molar-refractivity contribution in [1.82, 2.24) is 15.2 Å². The third-order valence-corrected chi connectivity index (χ3v) is 8.07. The first-order valence-corrected chi connectivity index (χ1v) is 10.9. The first-order valence-electron chi connectivity index (χ1n) is 10.1. The van der Waals surface area contributed by atoms with Crippen molar-refractivity contribution in [2.75, 3.05) is 0 Å². The number of fused-ring (bicyclic) bond motifs is 2. The molecule has 138 valence electrons. The van der Waals surface area contributed by atoms with Gasteiger partial charge in [0.15, 0.2) is 0 Å². The van der Waals surface area contributed by atoms with Gasteiger partial charge < -0.3 is 4.42 Å². The number of hydrogen-bond donors (Lipinski definition) is 0. The SMILES string of the molecule is Cc1cccc(-c2nc(-c3nnc(C45CCC6CC(CC4C6)C5)o3)cs2)c1. The highest BCUT2D eigenvalue weighted by molar-refractivity contribution is 7.13. The molecule has 3 aliphatic carbocycles. The molecule has 3 saturated carbocycles. The highest BCUT2D eigenvalue weighted by Gasteiger charge is 2.57. The molecule has 0 saturated heterocycles. The quantitative estimate of drug-likeness (QED) is 0.593. The molecule has 3 aromatic rings. The molecule has 4 atom stereocenters. The Hall–Kier alpha value is -2.01. The average Bonchev–Trinajstić information content (AvgIpc) is 3.36. The van der Waals surface area contributed by atoms with Gasteiger partial charge >= 0.3 is 0 Å². The third-order valence-electron chi connectivity index (χ3n) is 7.17. The highest BCUT2D eigenvalue weighted by atomic mass is 32.1. The summed E-state index contributed by atoms with van der Waals surface area (Å²) in [7, 11) is 0. The van der Waals surface area contributed by atoms with Gasteiger partial charge in [-0.15, -0.1) is 21.5 Å². The molecule has 1 aromatic carbocycles. The zero-order valence-electron chi connectivity index (χ0n) is 15.5. The van der Waals surface area contributed by atoms with E-state index in [1.807, 2.05) is 5.38 Å². The monoisotopic (exact) mass is 377 g/mol. The molecule has 3 fully saturated rings. The van der Waals surface area contributed by atoms with Gasteiger partial charge in [-0.05, 0) is 69.3 Å². The Morgan fingerprint density at radius 1 is 1.15 bits per heavy atom. The minimum Gasteiger partial charge on any atom is -0.419 e. The topological polar surface area (TPSA) is 51.8 Å². The van der Waals surface area contributed by atoms with E-state index in [2.05, 4.69) is 41.4 Å². The zero-order valence-corrected chi connectivity index (χ0v) is 16.3. The van der Waals surface area contributed by atoms with Crippen molar-refractivity contribution >= 4 is 11.3 Å². The summed E-state index contributed by atoms with van der Waals surface area (Å²) in [5.41, 5.74) is 3.35. The van der Waals surface area contributed by atoms with Gasteiger partial charge in [-0.1, -0.05) is 23.8 Å². The van der Waals surface area contributed by atoms with Crippen LogP contribution in [0.5, 0.6) is 0 Å². The summed E-state index contributed by atoms with van der Waals surface area (Å²) >= 11 is 1.64. The number of nitrogens with zero attached hydrogens (tertiary/aromatic N) is 3. The van der Waals surface area contributed by atoms with Gasteiger partial charge in [0, 0.05) is 10.9 Å². The Kier molecular flexibility index (Phi) is 3.40. The Labute approximate surface area is 163 Å². The van der Waals surface area contributed by atoms with Crippen LogP contribution in [0.25, 0.3) is 22.2 Å². The second-order valence-electron chi connectivity index (χ2n) is 8.85. The molecule has 4 nitrogen and oxygen atoms in total. The third kappa shape index (κ3) is 2.44. The van der Waals surface area contributed by atoms with Crippen molar-refractivity contribution in [3.05, 3.63) is 41.1 Å². The molecule has 3 aliphatic rings. The Bertz CT molecular complexity index is 1010. The lowest BCUT2D eigenvalue weighted by molar-refractivity contribution is 0.129. The molecular weight excluding hydrogens is 354 g/mol. The van der Waals surface area contributed by atoms with E-state index in [1.165, 1.54) is 44.1 Å². The average molecular weight is 378 g/mol. The Balaban J connectivity index is 1.33. The highest BCUT2D eigenvalue weighted by Crippen LogP contribution is 2.62. The van der Waals surface area contributed by atoms with Crippen molar-refractivity contribution in [3.63, 3.8) is 0 Å². The summed E-state index contributed by atoms with van der Waals surface area (Å²) in [6.07, 6.45) is 7.96. The largest absolute Gasteiger partial charge is 0.419 e. The van der Waals surface area contributed by atoms with Crippen LogP contribution in [-0.2, 0) is 5.41 Å². The van der Waals surface area contributed by atoms with E-state index in [0.29, 0.717) is 5.89 Å². The van der Waals surface area contributed by atoms with Crippen LogP contribution >= 0.6 is 11.3 Å². The van der Waals surface area contributed by atoms with E-state index < -0.39 is 0 Å². The normalized spacial score (nSPS) is 31.5. The molecule has 2 aromatic heterocycles. The van der Waals surface area contributed by atoms with E-state index in [-0.39, 0.29) is 5.41 Å². The van der Waals surface area contributed by atoms with Crippen LogP contribution in [-0.4, -0.2) is 15.2 Å². The summed E-state index contributed by atoms with van der Waals surface area (Å²) in [6, 6.07) is 8.45. The zero-order chi connectivity index (χ0) is 18.0. The predicted octanol–water partition coefficient (Wildman–Crippen LogP) is 5.64. The van der Waals surface area contributed by atoms with Crippen molar-refractivity contribution < 1.29 is 4.42 Å². The number of rotatable bonds is 3. The minimum absolute atomic E-state index is 0.151. The summed E-state index contributed by atoms with van der Waals surface area (Å²) in [5.74, 6) is 4.04. The van der Waals surface area contributed by atoms with Crippen LogP contribution in [0.3, 0.4) is 0 Å². The fourth-order valence-electron chi connectivity index (χ4n) is 6.05. The maximum Gasteiger partial charge on any atom is 0.267 e.